The van der Waals surface area contributed by atoms with Gasteiger partial charge in [0.15, 0.2) is 17.1 Å². The zero-order valence-electron chi connectivity index (χ0n) is 13.1. The molecule has 0 aliphatic rings. The van der Waals surface area contributed by atoms with Crippen molar-refractivity contribution < 1.29 is 9.32 Å². The topological polar surface area (TPSA) is 159 Å². The minimum absolute atomic E-state index is 0.117. The van der Waals surface area contributed by atoms with E-state index >= 15 is 0 Å². The summed E-state index contributed by atoms with van der Waals surface area (Å²) in [6.07, 6.45) is 0. The number of tetrazole rings is 1. The summed E-state index contributed by atoms with van der Waals surface area (Å²) >= 11 is 0. The highest BCUT2D eigenvalue weighted by molar-refractivity contribution is 6.12. The third kappa shape index (κ3) is 2.59. The number of aromatic amines is 1. The predicted molar refractivity (Wildman–Crippen MR) is 90.7 cm³/mol. The number of carbonyl (C=O) groups is 1. The number of hydrogen-bond acceptors (Lipinski definition) is 8. The lowest BCUT2D eigenvalue weighted by atomic mass is 10.1. The third-order valence-corrected chi connectivity index (χ3v) is 3.71. The van der Waals surface area contributed by atoms with Crippen LogP contribution in [0, 0.1) is 11.3 Å². The molecule has 0 fully saturated rings. The van der Waals surface area contributed by atoms with Gasteiger partial charge in [-0.05, 0) is 40.8 Å². The van der Waals surface area contributed by atoms with Crippen molar-refractivity contribution in [2.45, 2.75) is 0 Å². The van der Waals surface area contributed by atoms with Crippen LogP contribution >= 0.6 is 0 Å². The highest BCUT2D eigenvalue weighted by Crippen LogP contribution is 2.27. The maximum atomic E-state index is 12.7. The van der Waals surface area contributed by atoms with Crippen molar-refractivity contribution in [3.8, 4) is 17.5 Å². The fourth-order valence-electron chi connectivity index (χ4n) is 2.49. The first-order valence-electron chi connectivity index (χ1n) is 7.40. The number of H-pyrrole nitrogens is 1. The molecule has 10 nitrogen and oxygen atoms in total. The Kier molecular flexibility index (Phi) is 3.52. The molecule has 0 atom stereocenters. The van der Waals surface area contributed by atoms with E-state index in [9.17, 15) is 4.79 Å². The van der Waals surface area contributed by atoms with E-state index in [-0.39, 0.29) is 5.69 Å². The maximum absolute atomic E-state index is 12.7. The van der Waals surface area contributed by atoms with E-state index in [4.69, 9.17) is 15.5 Å². The zero-order valence-corrected chi connectivity index (χ0v) is 13.1. The molecule has 0 saturated heterocycles. The number of aromatic nitrogens is 5. The number of nitrogens with two attached hydrogens (primary N) is 1. The smallest absolute Gasteiger partial charge is 0.278 e. The second kappa shape index (κ2) is 5.99. The van der Waals surface area contributed by atoms with Crippen LogP contribution in [0.25, 0.3) is 22.4 Å². The first-order valence-corrected chi connectivity index (χ1v) is 7.40. The number of hydrogen-bond donors (Lipinski definition) is 3. The number of amides is 1. The summed E-state index contributed by atoms with van der Waals surface area (Å²) in [6.45, 7) is 0. The van der Waals surface area contributed by atoms with Crippen LogP contribution in [0.2, 0.25) is 0 Å². The summed E-state index contributed by atoms with van der Waals surface area (Å²) in [4.78, 5) is 12.7. The number of nitrogens with zero attached hydrogens (tertiary/aromatic N) is 5. The van der Waals surface area contributed by atoms with Crippen molar-refractivity contribution >= 4 is 28.3 Å². The van der Waals surface area contributed by atoms with E-state index in [2.05, 4.69) is 31.1 Å². The number of benzene rings is 2. The maximum Gasteiger partial charge on any atom is 0.278 e. The summed E-state index contributed by atoms with van der Waals surface area (Å²) in [6, 6.07) is 11.7. The first kappa shape index (κ1) is 15.3. The number of nitrogens with one attached hydrogen (secondary N) is 2. The molecular formula is C16H10N8O2. The van der Waals surface area contributed by atoms with Crippen LogP contribution in [-0.4, -0.2) is 31.7 Å². The number of nitriles is 1. The number of nitrogen functional groups attached to an aromatic ring is 1. The van der Waals surface area contributed by atoms with E-state index in [0.29, 0.717) is 39.3 Å². The van der Waals surface area contributed by atoms with Crippen LogP contribution in [0.5, 0.6) is 0 Å². The standard InChI is InChI=1S/C16H10N8O2/c17-7-8-1-4-12(11(5-8)15-20-23-24-21-15)19-16(25)14-10-3-2-9(18)6-13(10)26-22-14/h1-6H,18H2,(H,19,25)(H,20,21,23,24). The van der Waals surface area contributed by atoms with Gasteiger partial charge in [0.2, 0.25) is 0 Å². The highest BCUT2D eigenvalue weighted by atomic mass is 16.5. The molecule has 0 aliphatic heterocycles. The van der Waals surface area contributed by atoms with Crippen molar-refractivity contribution in [3.05, 3.63) is 47.7 Å². The van der Waals surface area contributed by atoms with Gasteiger partial charge in [-0.1, -0.05) is 5.16 Å². The summed E-state index contributed by atoms with van der Waals surface area (Å²) in [5, 5.41) is 29.7. The molecule has 2 aromatic heterocycles. The molecule has 26 heavy (non-hydrogen) atoms. The number of fused-ring (bicyclic) bond motifs is 1. The van der Waals surface area contributed by atoms with Crippen LogP contribution in [0.3, 0.4) is 0 Å². The van der Waals surface area contributed by atoms with Gasteiger partial charge in [-0.15, -0.1) is 5.10 Å². The normalized spacial score (nSPS) is 10.6. The monoisotopic (exact) mass is 346 g/mol. The van der Waals surface area contributed by atoms with Gasteiger partial charge >= 0.3 is 0 Å². The minimum atomic E-state index is -0.480. The van der Waals surface area contributed by atoms with Gasteiger partial charge < -0.3 is 15.6 Å². The van der Waals surface area contributed by atoms with Gasteiger partial charge in [-0.2, -0.15) is 5.26 Å². The quantitative estimate of drug-likeness (QED) is 0.473. The largest absolute Gasteiger partial charge is 0.399 e. The molecule has 0 spiro atoms. The van der Waals surface area contributed by atoms with Crippen LogP contribution < -0.4 is 11.1 Å². The van der Waals surface area contributed by atoms with Crippen molar-refractivity contribution in [2.75, 3.05) is 11.1 Å². The predicted octanol–water partition coefficient (Wildman–Crippen LogP) is 1.71. The molecule has 2 aromatic carbocycles. The summed E-state index contributed by atoms with van der Waals surface area (Å²) < 4.78 is 5.16. The molecule has 126 valence electrons. The fourth-order valence-corrected chi connectivity index (χ4v) is 2.49. The van der Waals surface area contributed by atoms with Crippen LogP contribution in [0.1, 0.15) is 16.1 Å². The van der Waals surface area contributed by atoms with Crippen LogP contribution in [0.4, 0.5) is 11.4 Å². The Morgan fingerprint density at radius 2 is 2.15 bits per heavy atom. The molecule has 0 saturated carbocycles. The van der Waals surface area contributed by atoms with Gasteiger partial charge in [0.25, 0.3) is 5.91 Å². The van der Waals surface area contributed by atoms with Crippen molar-refractivity contribution in [1.29, 1.82) is 5.26 Å². The summed E-state index contributed by atoms with van der Waals surface area (Å²) in [5.41, 5.74) is 8.02. The number of carbonyl (C=O) groups excluding carboxylic acids is 1. The van der Waals surface area contributed by atoms with Gasteiger partial charge in [0, 0.05) is 17.3 Å². The lowest BCUT2D eigenvalue weighted by molar-refractivity contribution is 0.102. The van der Waals surface area contributed by atoms with Gasteiger partial charge in [-0.25, -0.2) is 5.10 Å². The second-order valence-electron chi connectivity index (χ2n) is 5.36. The lowest BCUT2D eigenvalue weighted by Gasteiger charge is -2.08. The molecule has 4 aromatic rings. The number of anilines is 2. The number of rotatable bonds is 3. The Morgan fingerprint density at radius 1 is 1.27 bits per heavy atom. The van der Waals surface area contributed by atoms with Crippen molar-refractivity contribution in [1.82, 2.24) is 25.8 Å². The SMILES string of the molecule is N#Cc1ccc(NC(=O)c2noc3cc(N)ccc23)c(-c2nnn[nH]2)c1. The molecule has 4 rings (SSSR count). The van der Waals surface area contributed by atoms with Crippen molar-refractivity contribution in [3.63, 3.8) is 0 Å². The molecule has 0 radical (unpaired) electrons. The van der Waals surface area contributed by atoms with Gasteiger partial charge in [0.05, 0.1) is 22.7 Å². The molecule has 4 N–H and O–H groups in total. The van der Waals surface area contributed by atoms with Crippen LogP contribution in [-0.2, 0) is 0 Å². The zero-order chi connectivity index (χ0) is 18.1. The minimum Gasteiger partial charge on any atom is -0.399 e. The highest BCUT2D eigenvalue weighted by Gasteiger charge is 2.19. The van der Waals surface area contributed by atoms with Crippen LogP contribution in [0.15, 0.2) is 40.9 Å². The van der Waals surface area contributed by atoms with Gasteiger partial charge in [0.1, 0.15) is 0 Å². The molecule has 1 amide bonds. The van der Waals surface area contributed by atoms with E-state index < -0.39 is 5.91 Å². The molecular weight excluding hydrogens is 336 g/mol. The Morgan fingerprint density at radius 3 is 2.92 bits per heavy atom. The molecule has 0 unspecified atom stereocenters. The second-order valence-corrected chi connectivity index (χ2v) is 5.36. The van der Waals surface area contributed by atoms with E-state index in [0.717, 1.165) is 0 Å². The fraction of sp³-hybridized carbons (Fsp3) is 0. The average Bonchev–Trinajstić information content (AvgIpc) is 3.31. The Bertz CT molecular complexity index is 1160. The first-order chi connectivity index (χ1) is 12.7. The molecule has 10 heteroatoms. The molecule has 0 bridgehead atoms. The Hall–Kier alpha value is -4.26. The van der Waals surface area contributed by atoms with Gasteiger partial charge in [-0.3, -0.25) is 4.79 Å². The summed E-state index contributed by atoms with van der Waals surface area (Å²) in [5.74, 6) is -0.165. The van der Waals surface area contributed by atoms with E-state index in [1.807, 2.05) is 6.07 Å². The van der Waals surface area contributed by atoms with Crippen molar-refractivity contribution in [2.24, 2.45) is 0 Å². The lowest BCUT2D eigenvalue weighted by Crippen LogP contribution is -2.13. The van der Waals surface area contributed by atoms with E-state index in [1.165, 1.54) is 0 Å². The molecule has 0 aliphatic carbocycles. The van der Waals surface area contributed by atoms with E-state index in [1.54, 1.807) is 36.4 Å². The molecule has 2 heterocycles. The Balaban J connectivity index is 1.73. The Labute approximate surface area is 145 Å². The average molecular weight is 346 g/mol. The summed E-state index contributed by atoms with van der Waals surface area (Å²) in [7, 11) is 0. The third-order valence-electron chi connectivity index (χ3n) is 3.71.